The van der Waals surface area contributed by atoms with Crippen molar-refractivity contribution in [2.24, 2.45) is 0 Å². The van der Waals surface area contributed by atoms with Crippen LogP contribution in [-0.2, 0) is 0 Å². The number of likely N-dealkylation sites (tertiary alicyclic amines) is 1. The summed E-state index contributed by atoms with van der Waals surface area (Å²) < 4.78 is 14.3. The first-order valence-electron chi connectivity index (χ1n) is 9.22. The molecular weight excluding hydrogens is 373 g/mol. The van der Waals surface area contributed by atoms with Crippen LogP contribution in [0.4, 0.5) is 14.9 Å². The van der Waals surface area contributed by atoms with Gasteiger partial charge in [-0.05, 0) is 24.6 Å². The van der Waals surface area contributed by atoms with Crippen molar-refractivity contribution >= 4 is 30.0 Å². The topological polar surface area (TPSA) is 67.9 Å². The summed E-state index contributed by atoms with van der Waals surface area (Å²) in [5, 5.41) is 6.05. The number of carbonyl (C=O) groups is 2. The third-order valence-corrected chi connectivity index (χ3v) is 5.47. The van der Waals surface area contributed by atoms with E-state index < -0.39 is 5.82 Å². The van der Waals surface area contributed by atoms with Crippen LogP contribution in [0.1, 0.15) is 16.8 Å². The van der Waals surface area contributed by atoms with Crippen LogP contribution in [0.2, 0.25) is 0 Å². The Morgan fingerprint density at radius 1 is 1.11 bits per heavy atom. The molecule has 3 fully saturated rings. The van der Waals surface area contributed by atoms with E-state index in [4.69, 9.17) is 0 Å². The molecule has 3 heterocycles. The van der Waals surface area contributed by atoms with Crippen LogP contribution in [0.15, 0.2) is 18.2 Å². The summed E-state index contributed by atoms with van der Waals surface area (Å²) in [4.78, 5) is 30.4. The van der Waals surface area contributed by atoms with Crippen molar-refractivity contribution in [1.29, 1.82) is 0 Å². The van der Waals surface area contributed by atoms with Gasteiger partial charge in [0, 0.05) is 64.1 Å². The van der Waals surface area contributed by atoms with Crippen molar-refractivity contribution in [2.75, 3.05) is 57.3 Å². The molecule has 0 radical (unpaired) electrons. The van der Waals surface area contributed by atoms with E-state index in [9.17, 15) is 14.0 Å². The molecule has 0 aromatic heterocycles. The highest BCUT2D eigenvalue weighted by molar-refractivity contribution is 5.98. The molecule has 0 aliphatic carbocycles. The smallest absolute Gasteiger partial charge is 0.321 e. The first-order valence-corrected chi connectivity index (χ1v) is 9.22. The fourth-order valence-corrected chi connectivity index (χ4v) is 4.00. The van der Waals surface area contributed by atoms with Gasteiger partial charge in [0.1, 0.15) is 5.82 Å². The van der Waals surface area contributed by atoms with Crippen LogP contribution < -0.4 is 15.5 Å². The van der Waals surface area contributed by atoms with E-state index in [1.54, 1.807) is 11.0 Å². The number of halogens is 2. The Kier molecular flexibility index (Phi) is 6.18. The Morgan fingerprint density at radius 2 is 1.89 bits per heavy atom. The Hall–Kier alpha value is -1.90. The molecule has 1 aromatic carbocycles. The number of piperazine rings is 1. The molecule has 2 N–H and O–H groups in total. The number of nitrogens with one attached hydrogen (secondary N) is 2. The summed E-state index contributed by atoms with van der Waals surface area (Å²) >= 11 is 0. The molecule has 9 heteroatoms. The number of hydrogen-bond donors (Lipinski definition) is 2. The fourth-order valence-electron chi connectivity index (χ4n) is 4.00. The van der Waals surface area contributed by atoms with Crippen LogP contribution in [-0.4, -0.2) is 80.1 Å². The summed E-state index contributed by atoms with van der Waals surface area (Å²) in [6.45, 7) is 6.26. The molecule has 3 saturated heterocycles. The Balaban J connectivity index is 0.00000210. The number of amides is 3. The summed E-state index contributed by atoms with van der Waals surface area (Å²) in [6, 6.07) is 4.45. The maximum Gasteiger partial charge on any atom is 0.321 e. The SMILES string of the molecule is Cl.O=C(c1cc(N2CCNC2=O)ccc1F)N1CCC(N2CCNCC2)C1. The Bertz CT molecular complexity index is 713. The molecule has 0 spiro atoms. The van der Waals surface area contributed by atoms with Gasteiger partial charge < -0.3 is 15.5 Å². The van der Waals surface area contributed by atoms with Gasteiger partial charge in [-0.2, -0.15) is 0 Å². The van der Waals surface area contributed by atoms with Gasteiger partial charge in [-0.1, -0.05) is 0 Å². The first-order chi connectivity index (χ1) is 12.6. The van der Waals surface area contributed by atoms with Crippen LogP contribution in [0, 0.1) is 5.82 Å². The lowest BCUT2D eigenvalue weighted by molar-refractivity contribution is 0.0769. The Labute approximate surface area is 164 Å². The van der Waals surface area contributed by atoms with Crippen LogP contribution in [0.5, 0.6) is 0 Å². The highest BCUT2D eigenvalue weighted by atomic mass is 35.5. The minimum absolute atomic E-state index is 0. The minimum Gasteiger partial charge on any atom is -0.337 e. The molecule has 0 saturated carbocycles. The Morgan fingerprint density at radius 3 is 2.59 bits per heavy atom. The molecule has 27 heavy (non-hydrogen) atoms. The number of anilines is 1. The largest absolute Gasteiger partial charge is 0.337 e. The van der Waals surface area contributed by atoms with Gasteiger partial charge >= 0.3 is 6.03 Å². The van der Waals surface area contributed by atoms with Gasteiger partial charge in [-0.15, -0.1) is 12.4 Å². The minimum atomic E-state index is -0.538. The second kappa shape index (κ2) is 8.41. The molecule has 3 aliphatic heterocycles. The zero-order chi connectivity index (χ0) is 18.1. The third kappa shape index (κ3) is 4.02. The summed E-state index contributed by atoms with van der Waals surface area (Å²) in [7, 11) is 0. The molecule has 4 rings (SSSR count). The van der Waals surface area contributed by atoms with Crippen LogP contribution in [0.3, 0.4) is 0 Å². The number of urea groups is 1. The van der Waals surface area contributed by atoms with Crippen molar-refractivity contribution in [1.82, 2.24) is 20.4 Å². The average molecular weight is 398 g/mol. The molecule has 0 bridgehead atoms. The van der Waals surface area contributed by atoms with Crippen molar-refractivity contribution < 1.29 is 14.0 Å². The zero-order valence-corrected chi connectivity index (χ0v) is 15.9. The van der Waals surface area contributed by atoms with Gasteiger partial charge in [0.25, 0.3) is 5.91 Å². The van der Waals surface area contributed by atoms with E-state index in [1.165, 1.54) is 17.0 Å². The monoisotopic (exact) mass is 397 g/mol. The van der Waals surface area contributed by atoms with E-state index >= 15 is 0 Å². The standard InChI is InChI=1S/C18H24FN5O2.ClH/c19-16-2-1-13(24-10-6-21-18(24)26)11-15(16)17(25)23-7-3-14(12-23)22-8-4-20-5-9-22;/h1-2,11,14,20H,3-10,12H2,(H,21,26);1H. The lowest BCUT2D eigenvalue weighted by Crippen LogP contribution is -2.49. The van der Waals surface area contributed by atoms with Crippen molar-refractivity contribution in [3.63, 3.8) is 0 Å². The van der Waals surface area contributed by atoms with Crippen molar-refractivity contribution in [3.05, 3.63) is 29.6 Å². The third-order valence-electron chi connectivity index (χ3n) is 5.47. The molecule has 3 aliphatic rings. The van der Waals surface area contributed by atoms with E-state index in [0.717, 1.165) is 32.6 Å². The van der Waals surface area contributed by atoms with Crippen molar-refractivity contribution in [2.45, 2.75) is 12.5 Å². The van der Waals surface area contributed by atoms with Crippen LogP contribution in [0.25, 0.3) is 0 Å². The molecule has 148 valence electrons. The predicted molar refractivity (Wildman–Crippen MR) is 103 cm³/mol. The predicted octanol–water partition coefficient (Wildman–Crippen LogP) is 0.897. The highest BCUT2D eigenvalue weighted by Gasteiger charge is 2.32. The fraction of sp³-hybridized carbons (Fsp3) is 0.556. The average Bonchev–Trinajstić information content (AvgIpc) is 3.32. The number of hydrogen-bond acceptors (Lipinski definition) is 4. The number of rotatable bonds is 3. The molecule has 1 atom stereocenters. The van der Waals surface area contributed by atoms with E-state index in [2.05, 4.69) is 15.5 Å². The maximum absolute atomic E-state index is 14.3. The zero-order valence-electron chi connectivity index (χ0n) is 15.1. The first kappa shape index (κ1) is 19.9. The van der Waals surface area contributed by atoms with Gasteiger partial charge in [0.05, 0.1) is 5.56 Å². The highest BCUT2D eigenvalue weighted by Crippen LogP contribution is 2.24. The van der Waals surface area contributed by atoms with Crippen molar-refractivity contribution in [3.8, 4) is 0 Å². The molecule has 1 unspecified atom stereocenters. The van der Waals surface area contributed by atoms with Gasteiger partial charge in [-0.3, -0.25) is 14.6 Å². The van der Waals surface area contributed by atoms with Crippen LogP contribution >= 0.6 is 12.4 Å². The van der Waals surface area contributed by atoms with Gasteiger partial charge in [0.2, 0.25) is 0 Å². The molecule has 7 nitrogen and oxygen atoms in total. The second-order valence-electron chi connectivity index (χ2n) is 7.03. The van der Waals surface area contributed by atoms with E-state index in [1.807, 2.05) is 0 Å². The molecule has 1 aromatic rings. The quantitative estimate of drug-likeness (QED) is 0.795. The number of nitrogens with zero attached hydrogens (tertiary/aromatic N) is 3. The number of carbonyl (C=O) groups excluding carboxylic acids is 2. The summed E-state index contributed by atoms with van der Waals surface area (Å²) in [6.07, 6.45) is 0.918. The summed E-state index contributed by atoms with van der Waals surface area (Å²) in [5.74, 6) is -0.828. The lowest BCUT2D eigenvalue weighted by atomic mass is 10.1. The maximum atomic E-state index is 14.3. The number of benzene rings is 1. The normalized spacial score (nSPS) is 23.3. The molecule has 3 amide bonds. The van der Waals surface area contributed by atoms with E-state index in [-0.39, 0.29) is 29.9 Å². The summed E-state index contributed by atoms with van der Waals surface area (Å²) in [5.41, 5.74) is 0.603. The van der Waals surface area contributed by atoms with E-state index in [0.29, 0.717) is 37.9 Å². The lowest BCUT2D eigenvalue weighted by Gasteiger charge is -2.32. The second-order valence-corrected chi connectivity index (χ2v) is 7.03. The molecular formula is C18H25ClFN5O2. The van der Waals surface area contributed by atoms with Gasteiger partial charge in [-0.25, -0.2) is 9.18 Å². The van der Waals surface area contributed by atoms with Gasteiger partial charge in [0.15, 0.2) is 0 Å².